The molecule has 0 aliphatic rings. The molecule has 3 nitrogen and oxygen atoms in total. The van der Waals surface area contributed by atoms with Crippen molar-refractivity contribution in [2.45, 2.75) is 6.18 Å². The van der Waals surface area contributed by atoms with E-state index in [0.717, 1.165) is 24.4 Å². The average molecular weight is 363 g/mol. The molecular weight excluding hydrogens is 356 g/mol. The van der Waals surface area contributed by atoms with Crippen molar-refractivity contribution < 1.29 is 22.4 Å². The maximum Gasteiger partial charge on any atom is 0.417 e. The number of nitrogens with zero attached hydrogens (tertiary/aromatic N) is 1. The molecule has 0 spiro atoms. The zero-order valence-corrected chi connectivity index (χ0v) is 11.8. The van der Waals surface area contributed by atoms with Crippen molar-refractivity contribution in [3.05, 3.63) is 57.9 Å². The van der Waals surface area contributed by atoms with Crippen LogP contribution in [0.25, 0.3) is 0 Å². The Hall–Kier alpha value is -1.96. The van der Waals surface area contributed by atoms with Crippen LogP contribution >= 0.6 is 15.9 Å². The van der Waals surface area contributed by atoms with Gasteiger partial charge < -0.3 is 5.32 Å². The van der Waals surface area contributed by atoms with Gasteiger partial charge in [-0.15, -0.1) is 0 Å². The molecule has 110 valence electrons. The van der Waals surface area contributed by atoms with Gasteiger partial charge >= 0.3 is 6.18 Å². The van der Waals surface area contributed by atoms with E-state index in [4.69, 9.17) is 0 Å². The zero-order chi connectivity index (χ0) is 15.6. The minimum absolute atomic E-state index is 0.0397. The Bertz CT molecular complexity index is 671. The summed E-state index contributed by atoms with van der Waals surface area (Å²) in [5, 5.41) is 2.28. The molecule has 0 unspecified atom stereocenters. The Balaban J connectivity index is 2.25. The third kappa shape index (κ3) is 3.78. The van der Waals surface area contributed by atoms with E-state index in [2.05, 4.69) is 26.2 Å². The molecule has 0 aliphatic heterocycles. The SMILES string of the molecule is O=C(Nc1ccc(F)cn1)c1ccc(Br)c(C(F)(F)F)c1. The van der Waals surface area contributed by atoms with Gasteiger partial charge in [0.15, 0.2) is 0 Å². The molecule has 8 heteroatoms. The highest BCUT2D eigenvalue weighted by molar-refractivity contribution is 9.10. The molecule has 21 heavy (non-hydrogen) atoms. The normalized spacial score (nSPS) is 11.3. The number of halogens is 5. The van der Waals surface area contributed by atoms with Gasteiger partial charge in [0.25, 0.3) is 5.91 Å². The molecule has 1 aromatic heterocycles. The summed E-state index contributed by atoms with van der Waals surface area (Å²) in [6, 6.07) is 5.37. The Morgan fingerprint density at radius 2 is 1.90 bits per heavy atom. The molecule has 1 aromatic carbocycles. The predicted molar refractivity (Wildman–Crippen MR) is 71.3 cm³/mol. The molecule has 1 amide bonds. The van der Waals surface area contributed by atoms with Crippen LogP contribution in [0.1, 0.15) is 15.9 Å². The van der Waals surface area contributed by atoms with Crippen molar-refractivity contribution in [3.63, 3.8) is 0 Å². The number of amides is 1. The number of hydrogen-bond donors (Lipinski definition) is 1. The molecule has 0 radical (unpaired) electrons. The zero-order valence-electron chi connectivity index (χ0n) is 10.2. The fourth-order valence-electron chi connectivity index (χ4n) is 1.52. The first kappa shape index (κ1) is 15.4. The fourth-order valence-corrected chi connectivity index (χ4v) is 1.99. The summed E-state index contributed by atoms with van der Waals surface area (Å²) in [5.74, 6) is -1.32. The van der Waals surface area contributed by atoms with Crippen molar-refractivity contribution in [1.29, 1.82) is 0 Å². The van der Waals surface area contributed by atoms with Crippen LogP contribution < -0.4 is 5.32 Å². The molecule has 2 rings (SSSR count). The van der Waals surface area contributed by atoms with Crippen LogP contribution in [0.15, 0.2) is 41.0 Å². The van der Waals surface area contributed by atoms with Crippen LogP contribution in [-0.2, 0) is 6.18 Å². The molecule has 0 saturated carbocycles. The molecular formula is C13H7BrF4N2O. The predicted octanol–water partition coefficient (Wildman–Crippen LogP) is 4.25. The number of carbonyl (C=O) groups is 1. The minimum Gasteiger partial charge on any atom is -0.307 e. The quantitative estimate of drug-likeness (QED) is 0.811. The van der Waals surface area contributed by atoms with Crippen molar-refractivity contribution in [1.82, 2.24) is 4.98 Å². The lowest BCUT2D eigenvalue weighted by atomic mass is 10.1. The topological polar surface area (TPSA) is 42.0 Å². The molecule has 1 N–H and O–H groups in total. The second-order valence-corrected chi connectivity index (χ2v) is 4.86. The second kappa shape index (κ2) is 5.80. The van der Waals surface area contributed by atoms with Gasteiger partial charge in [0, 0.05) is 10.0 Å². The standard InChI is InChI=1S/C13H7BrF4N2O/c14-10-3-1-7(5-9(10)13(16,17)18)12(21)20-11-4-2-8(15)6-19-11/h1-6H,(H,19,20,21). The lowest BCUT2D eigenvalue weighted by molar-refractivity contribution is -0.138. The highest BCUT2D eigenvalue weighted by atomic mass is 79.9. The summed E-state index contributed by atoms with van der Waals surface area (Å²) in [6.07, 6.45) is -3.69. The van der Waals surface area contributed by atoms with Gasteiger partial charge in [-0.1, -0.05) is 15.9 Å². The summed E-state index contributed by atoms with van der Waals surface area (Å²) in [5.41, 5.74) is -1.14. The van der Waals surface area contributed by atoms with Gasteiger partial charge in [0.2, 0.25) is 0 Å². The summed E-state index contributed by atoms with van der Waals surface area (Å²) < 4.78 is 50.8. The number of hydrogen-bond acceptors (Lipinski definition) is 2. The summed E-state index contributed by atoms with van der Waals surface area (Å²) in [7, 11) is 0. The number of aromatic nitrogens is 1. The van der Waals surface area contributed by atoms with E-state index in [1.807, 2.05) is 0 Å². The van der Waals surface area contributed by atoms with E-state index in [1.54, 1.807) is 0 Å². The van der Waals surface area contributed by atoms with E-state index in [9.17, 15) is 22.4 Å². The van der Waals surface area contributed by atoms with Crippen LogP contribution in [0.5, 0.6) is 0 Å². The van der Waals surface area contributed by atoms with Crippen molar-refractivity contribution >= 4 is 27.7 Å². The van der Waals surface area contributed by atoms with Gasteiger partial charge in [-0.3, -0.25) is 4.79 Å². The minimum atomic E-state index is -4.58. The first-order chi connectivity index (χ1) is 9.77. The molecule has 0 saturated heterocycles. The molecule has 0 bridgehead atoms. The van der Waals surface area contributed by atoms with Crippen LogP contribution in [0.3, 0.4) is 0 Å². The van der Waals surface area contributed by atoms with Crippen LogP contribution in [0.2, 0.25) is 0 Å². The molecule has 0 atom stereocenters. The smallest absolute Gasteiger partial charge is 0.307 e. The number of anilines is 1. The molecule has 0 aliphatic carbocycles. The van der Waals surface area contributed by atoms with E-state index in [0.29, 0.717) is 0 Å². The van der Waals surface area contributed by atoms with Gasteiger partial charge in [-0.25, -0.2) is 9.37 Å². The van der Waals surface area contributed by atoms with E-state index in [1.165, 1.54) is 12.1 Å². The summed E-state index contributed by atoms with van der Waals surface area (Å²) in [4.78, 5) is 15.5. The number of nitrogens with one attached hydrogen (secondary N) is 1. The monoisotopic (exact) mass is 362 g/mol. The largest absolute Gasteiger partial charge is 0.417 e. The van der Waals surface area contributed by atoms with Crippen LogP contribution in [-0.4, -0.2) is 10.9 Å². The first-order valence-corrected chi connectivity index (χ1v) is 6.36. The van der Waals surface area contributed by atoms with Gasteiger partial charge in [-0.05, 0) is 30.3 Å². The molecule has 1 heterocycles. The number of rotatable bonds is 2. The van der Waals surface area contributed by atoms with Crippen LogP contribution in [0, 0.1) is 5.82 Å². The third-order valence-electron chi connectivity index (χ3n) is 2.50. The van der Waals surface area contributed by atoms with Crippen molar-refractivity contribution in [2.24, 2.45) is 0 Å². The van der Waals surface area contributed by atoms with E-state index in [-0.39, 0.29) is 15.9 Å². The highest BCUT2D eigenvalue weighted by Gasteiger charge is 2.33. The number of carbonyl (C=O) groups excluding carboxylic acids is 1. The third-order valence-corrected chi connectivity index (χ3v) is 3.19. The summed E-state index contributed by atoms with van der Waals surface area (Å²) in [6.45, 7) is 0. The lowest BCUT2D eigenvalue weighted by Crippen LogP contribution is -2.15. The van der Waals surface area contributed by atoms with E-state index >= 15 is 0 Å². The lowest BCUT2D eigenvalue weighted by Gasteiger charge is -2.11. The Kier molecular flexibility index (Phi) is 4.26. The number of benzene rings is 1. The Morgan fingerprint density at radius 1 is 1.19 bits per heavy atom. The average Bonchev–Trinajstić information content (AvgIpc) is 2.40. The fraction of sp³-hybridized carbons (Fsp3) is 0.0769. The Morgan fingerprint density at radius 3 is 2.48 bits per heavy atom. The second-order valence-electron chi connectivity index (χ2n) is 4.01. The summed E-state index contributed by atoms with van der Waals surface area (Å²) >= 11 is 2.78. The van der Waals surface area contributed by atoms with Gasteiger partial charge in [0.1, 0.15) is 11.6 Å². The van der Waals surface area contributed by atoms with Crippen LogP contribution in [0.4, 0.5) is 23.4 Å². The van der Waals surface area contributed by atoms with Crippen molar-refractivity contribution in [3.8, 4) is 0 Å². The van der Waals surface area contributed by atoms with Crippen molar-refractivity contribution in [2.75, 3.05) is 5.32 Å². The molecule has 0 fully saturated rings. The number of alkyl halides is 3. The van der Waals surface area contributed by atoms with Gasteiger partial charge in [-0.2, -0.15) is 13.2 Å². The maximum atomic E-state index is 12.7. The highest BCUT2D eigenvalue weighted by Crippen LogP contribution is 2.35. The van der Waals surface area contributed by atoms with E-state index < -0.39 is 23.5 Å². The van der Waals surface area contributed by atoms with Gasteiger partial charge in [0.05, 0.1) is 11.8 Å². The molecule has 2 aromatic rings. The number of pyridine rings is 1. The Labute approximate surface area is 125 Å². The first-order valence-electron chi connectivity index (χ1n) is 5.57. The maximum absolute atomic E-state index is 12.7.